The van der Waals surface area contributed by atoms with Crippen LogP contribution in [0.4, 0.5) is 39.5 Å². The van der Waals surface area contributed by atoms with Crippen molar-refractivity contribution in [1.82, 2.24) is 5.32 Å². The summed E-state index contributed by atoms with van der Waals surface area (Å²) in [5, 5.41) is 15.3. The van der Waals surface area contributed by atoms with Crippen LogP contribution in [0.1, 0.15) is 47.1 Å². The van der Waals surface area contributed by atoms with Crippen LogP contribution in [0.2, 0.25) is 0 Å². The average molecular weight is 538 g/mol. The van der Waals surface area contributed by atoms with Crippen molar-refractivity contribution >= 4 is 11.6 Å². The van der Waals surface area contributed by atoms with Crippen molar-refractivity contribution in [2.75, 3.05) is 6.54 Å². The molecule has 1 amide bonds. The molecule has 1 heterocycles. The number of hydrogen-bond acceptors (Lipinski definition) is 2. The molecule has 0 saturated heterocycles. The molecule has 4 nitrogen and oxygen atoms in total. The van der Waals surface area contributed by atoms with Gasteiger partial charge in [-0.05, 0) is 54.3 Å². The number of nitrogens with one attached hydrogen (secondary N) is 1. The zero-order chi connectivity index (χ0) is 27.4. The highest BCUT2D eigenvalue weighted by Gasteiger charge is 2.63. The minimum Gasteiger partial charge on any atom is -0.624 e. The highest BCUT2D eigenvalue weighted by molar-refractivity contribution is 5.99. The lowest BCUT2D eigenvalue weighted by Crippen LogP contribution is -2.45. The van der Waals surface area contributed by atoms with Crippen molar-refractivity contribution < 1.29 is 49.0 Å². The van der Waals surface area contributed by atoms with Crippen molar-refractivity contribution in [3.63, 3.8) is 0 Å². The van der Waals surface area contributed by atoms with Gasteiger partial charge >= 0.3 is 18.5 Å². The third-order valence-electron chi connectivity index (χ3n) is 6.57. The number of hydrogen-bond donors (Lipinski definition) is 1. The molecule has 1 N–H and O–H groups in total. The first-order chi connectivity index (χ1) is 17.0. The van der Waals surface area contributed by atoms with Gasteiger partial charge in [-0.3, -0.25) is 4.79 Å². The first kappa shape index (κ1) is 26.8. The molecule has 1 fully saturated rings. The second-order valence-electron chi connectivity index (χ2n) is 9.22. The SMILES string of the molecule is O=C(NCc1ccc(C2=[N+]([O-])CC(c3cc(C(F)(F)F)cc(C(F)(F)F)c3)(C(F)(F)F)C2)cc1)C1CC1. The Hall–Kier alpha value is -3.25. The summed E-state index contributed by atoms with van der Waals surface area (Å²) >= 11 is 0. The van der Waals surface area contributed by atoms with E-state index >= 15 is 0 Å². The fraction of sp³-hybridized carbons (Fsp3) is 0.417. The molecule has 1 saturated carbocycles. The fourth-order valence-electron chi connectivity index (χ4n) is 4.29. The summed E-state index contributed by atoms with van der Waals surface area (Å²) in [4.78, 5) is 11.8. The largest absolute Gasteiger partial charge is 0.624 e. The Morgan fingerprint density at radius 1 is 0.919 bits per heavy atom. The third-order valence-corrected chi connectivity index (χ3v) is 6.57. The van der Waals surface area contributed by atoms with Crippen molar-refractivity contribution in [3.05, 3.63) is 75.5 Å². The normalized spacial score (nSPS) is 20.9. The number of hydroxylamine groups is 1. The standard InChI is InChI=1S/C24H19F9N2O2/c25-22(26,27)17-7-16(8-18(9-17)23(28,29)30)21(24(31,32)33)10-19(35(37)12-21)14-3-1-13(2-4-14)11-34-20(36)15-5-6-15/h1-4,7-9,15H,5-6,10-12H2,(H,34,36). The number of amides is 1. The van der Waals surface area contributed by atoms with Crippen molar-refractivity contribution in [2.24, 2.45) is 5.92 Å². The van der Waals surface area contributed by atoms with Gasteiger partial charge in [0, 0.05) is 18.0 Å². The van der Waals surface area contributed by atoms with Crippen LogP contribution in [-0.4, -0.2) is 29.1 Å². The minimum absolute atomic E-state index is 0.0190. The molecule has 1 unspecified atom stereocenters. The molecule has 13 heteroatoms. The van der Waals surface area contributed by atoms with Crippen LogP contribution in [-0.2, 0) is 29.1 Å². The zero-order valence-electron chi connectivity index (χ0n) is 18.8. The van der Waals surface area contributed by atoms with Crippen LogP contribution in [0.15, 0.2) is 42.5 Å². The molecule has 4 rings (SSSR count). The molecular formula is C24H19F9N2O2. The fourth-order valence-corrected chi connectivity index (χ4v) is 4.29. The van der Waals surface area contributed by atoms with Gasteiger partial charge in [0.05, 0.1) is 17.5 Å². The van der Waals surface area contributed by atoms with Crippen LogP contribution < -0.4 is 5.32 Å². The minimum atomic E-state index is -5.35. The molecule has 2 aliphatic rings. The Labute approximate surface area is 204 Å². The summed E-state index contributed by atoms with van der Waals surface area (Å²) in [6, 6.07) is 5.34. The molecule has 2 aromatic carbocycles. The van der Waals surface area contributed by atoms with Gasteiger partial charge in [0.15, 0.2) is 17.7 Å². The molecule has 1 atom stereocenters. The average Bonchev–Trinajstić information content (AvgIpc) is 3.58. The molecule has 200 valence electrons. The molecule has 0 aromatic heterocycles. The van der Waals surface area contributed by atoms with Gasteiger partial charge in [0.25, 0.3) is 0 Å². The van der Waals surface area contributed by atoms with Gasteiger partial charge in [-0.1, -0.05) is 12.1 Å². The summed E-state index contributed by atoms with van der Waals surface area (Å²) in [7, 11) is 0. The number of carbonyl (C=O) groups excluding carboxylic acids is 1. The van der Waals surface area contributed by atoms with Gasteiger partial charge < -0.3 is 10.5 Å². The van der Waals surface area contributed by atoms with Gasteiger partial charge in [0.2, 0.25) is 5.91 Å². The van der Waals surface area contributed by atoms with E-state index in [1.807, 2.05) is 0 Å². The van der Waals surface area contributed by atoms with E-state index in [9.17, 15) is 49.5 Å². The summed E-state index contributed by atoms with van der Waals surface area (Å²) in [5.74, 6) is -0.166. The summed E-state index contributed by atoms with van der Waals surface area (Å²) in [6.07, 6.45) is -15.6. The molecule has 0 radical (unpaired) electrons. The van der Waals surface area contributed by atoms with Crippen molar-refractivity contribution in [2.45, 2.75) is 49.8 Å². The summed E-state index contributed by atoms with van der Waals surface area (Å²) < 4.78 is 123. The number of rotatable bonds is 5. The predicted molar refractivity (Wildman–Crippen MR) is 112 cm³/mol. The Morgan fingerprint density at radius 3 is 1.92 bits per heavy atom. The second kappa shape index (κ2) is 8.95. The summed E-state index contributed by atoms with van der Waals surface area (Å²) in [5.41, 5.74) is -8.21. The molecule has 0 bridgehead atoms. The lowest BCUT2D eigenvalue weighted by atomic mass is 9.75. The number of halogens is 9. The lowest BCUT2D eigenvalue weighted by molar-refractivity contribution is -0.465. The topological polar surface area (TPSA) is 55.2 Å². The Morgan fingerprint density at radius 2 is 1.46 bits per heavy atom. The maximum Gasteiger partial charge on any atom is 0.416 e. The monoisotopic (exact) mass is 538 g/mol. The van der Waals surface area contributed by atoms with Crippen LogP contribution in [0.3, 0.4) is 0 Å². The van der Waals surface area contributed by atoms with E-state index < -0.39 is 59.3 Å². The van der Waals surface area contributed by atoms with Gasteiger partial charge in [-0.15, -0.1) is 0 Å². The van der Waals surface area contributed by atoms with Crippen LogP contribution in [0.5, 0.6) is 0 Å². The summed E-state index contributed by atoms with van der Waals surface area (Å²) in [6.45, 7) is -1.27. The van der Waals surface area contributed by atoms with Gasteiger partial charge in [-0.2, -0.15) is 39.5 Å². The van der Waals surface area contributed by atoms with E-state index in [-0.39, 0.29) is 46.9 Å². The van der Waals surface area contributed by atoms with Gasteiger partial charge in [-0.25, -0.2) is 4.74 Å². The third kappa shape index (κ3) is 5.40. The second-order valence-corrected chi connectivity index (χ2v) is 9.22. The van der Waals surface area contributed by atoms with E-state index in [0.717, 1.165) is 12.8 Å². The molecule has 1 aliphatic carbocycles. The number of carbonyl (C=O) groups is 1. The van der Waals surface area contributed by atoms with Crippen LogP contribution >= 0.6 is 0 Å². The Kier molecular flexibility index (Phi) is 6.48. The van der Waals surface area contributed by atoms with E-state index in [1.54, 1.807) is 0 Å². The van der Waals surface area contributed by atoms with E-state index in [0.29, 0.717) is 5.56 Å². The van der Waals surface area contributed by atoms with Crippen LogP contribution in [0.25, 0.3) is 0 Å². The Balaban J connectivity index is 1.68. The maximum atomic E-state index is 14.3. The number of alkyl halides is 9. The highest BCUT2D eigenvalue weighted by atomic mass is 19.4. The maximum absolute atomic E-state index is 14.3. The first-order valence-corrected chi connectivity index (χ1v) is 11.1. The van der Waals surface area contributed by atoms with Crippen LogP contribution in [0, 0.1) is 11.1 Å². The molecule has 1 aliphatic heterocycles. The van der Waals surface area contributed by atoms with E-state index in [4.69, 9.17) is 0 Å². The van der Waals surface area contributed by atoms with E-state index in [1.165, 1.54) is 24.3 Å². The number of benzene rings is 2. The molecule has 0 spiro atoms. The highest BCUT2D eigenvalue weighted by Crippen LogP contribution is 2.49. The predicted octanol–water partition coefficient (Wildman–Crippen LogP) is 5.95. The number of nitrogens with zero attached hydrogens (tertiary/aromatic N) is 1. The Bertz CT molecular complexity index is 1190. The first-order valence-electron chi connectivity index (χ1n) is 11.1. The van der Waals surface area contributed by atoms with E-state index in [2.05, 4.69) is 5.32 Å². The van der Waals surface area contributed by atoms with Crippen molar-refractivity contribution in [3.8, 4) is 0 Å². The van der Waals surface area contributed by atoms with Gasteiger partial charge in [0.1, 0.15) is 0 Å². The smallest absolute Gasteiger partial charge is 0.416 e. The molecule has 2 aromatic rings. The lowest BCUT2D eigenvalue weighted by Gasteiger charge is -2.30. The zero-order valence-corrected chi connectivity index (χ0v) is 18.8. The molecule has 37 heavy (non-hydrogen) atoms. The van der Waals surface area contributed by atoms with Crippen molar-refractivity contribution in [1.29, 1.82) is 0 Å². The molecular weight excluding hydrogens is 519 g/mol. The quantitative estimate of drug-likeness (QED) is 0.291.